The second-order valence-electron chi connectivity index (χ2n) is 6.17. The lowest BCUT2D eigenvalue weighted by Gasteiger charge is -2.28. The highest BCUT2D eigenvalue weighted by Gasteiger charge is 2.43. The molecule has 3 heteroatoms. The number of nitrogens with one attached hydrogen (secondary N) is 2. The first-order chi connectivity index (χ1) is 8.33. The Kier molecular flexibility index (Phi) is 3.69. The maximum atomic E-state index is 3.90. The molecule has 98 valence electrons. The highest BCUT2D eigenvalue weighted by molar-refractivity contribution is 8.00. The van der Waals surface area contributed by atoms with Crippen LogP contribution in [-0.2, 0) is 0 Å². The van der Waals surface area contributed by atoms with E-state index in [1.807, 2.05) is 0 Å². The lowest BCUT2D eigenvalue weighted by molar-refractivity contribution is 0.320. The zero-order valence-electron chi connectivity index (χ0n) is 11.0. The fourth-order valence-electron chi connectivity index (χ4n) is 3.71. The largest absolute Gasteiger partial charge is 0.314 e. The van der Waals surface area contributed by atoms with Crippen molar-refractivity contribution in [3.8, 4) is 0 Å². The zero-order chi connectivity index (χ0) is 11.7. The molecule has 1 heterocycles. The quantitative estimate of drug-likeness (QED) is 0.788. The van der Waals surface area contributed by atoms with E-state index in [1.54, 1.807) is 0 Å². The van der Waals surface area contributed by atoms with Gasteiger partial charge in [-0.3, -0.25) is 0 Å². The molecule has 3 unspecified atom stereocenters. The van der Waals surface area contributed by atoms with Crippen molar-refractivity contribution in [1.29, 1.82) is 0 Å². The molecule has 2 saturated carbocycles. The minimum absolute atomic E-state index is 0.621. The number of hydrogen-bond donors (Lipinski definition) is 2. The van der Waals surface area contributed by atoms with E-state index in [4.69, 9.17) is 0 Å². The molecule has 3 rings (SSSR count). The summed E-state index contributed by atoms with van der Waals surface area (Å²) in [6.07, 6.45) is 12.2. The van der Waals surface area contributed by atoms with Gasteiger partial charge in [-0.2, -0.15) is 11.8 Å². The minimum atomic E-state index is 0.621. The van der Waals surface area contributed by atoms with Gasteiger partial charge in [0.2, 0.25) is 0 Å². The van der Waals surface area contributed by atoms with E-state index in [0.717, 1.165) is 18.0 Å². The summed E-state index contributed by atoms with van der Waals surface area (Å²) >= 11 is 2.08. The van der Waals surface area contributed by atoms with E-state index in [0.29, 0.717) is 4.75 Å². The molecule has 1 aliphatic heterocycles. The molecular formula is C14H26N2S. The predicted molar refractivity (Wildman–Crippen MR) is 75.6 cm³/mol. The number of hydrogen-bond acceptors (Lipinski definition) is 3. The Balaban J connectivity index is 1.51. The summed E-state index contributed by atoms with van der Waals surface area (Å²) < 4.78 is 0.621. The molecule has 0 radical (unpaired) electrons. The molecule has 0 aromatic rings. The van der Waals surface area contributed by atoms with Gasteiger partial charge in [0.1, 0.15) is 0 Å². The van der Waals surface area contributed by atoms with Gasteiger partial charge in [-0.05, 0) is 57.2 Å². The Labute approximate surface area is 110 Å². The molecule has 17 heavy (non-hydrogen) atoms. The monoisotopic (exact) mass is 254 g/mol. The highest BCUT2D eigenvalue weighted by Crippen LogP contribution is 2.47. The Morgan fingerprint density at radius 1 is 1.24 bits per heavy atom. The predicted octanol–water partition coefficient (Wildman–Crippen LogP) is 2.39. The summed E-state index contributed by atoms with van der Waals surface area (Å²) in [5.74, 6) is 0.912. The second-order valence-corrected chi connectivity index (χ2v) is 7.45. The first-order valence-electron chi connectivity index (χ1n) is 7.35. The Bertz CT molecular complexity index is 259. The van der Waals surface area contributed by atoms with E-state index in [1.165, 1.54) is 58.0 Å². The van der Waals surface area contributed by atoms with Crippen LogP contribution < -0.4 is 10.6 Å². The summed E-state index contributed by atoms with van der Waals surface area (Å²) in [5, 5.41) is 7.61. The Hall–Kier alpha value is 0.270. The van der Waals surface area contributed by atoms with Crippen LogP contribution >= 0.6 is 11.8 Å². The Morgan fingerprint density at radius 2 is 2.12 bits per heavy atom. The molecular weight excluding hydrogens is 228 g/mol. The van der Waals surface area contributed by atoms with Crippen molar-refractivity contribution in [2.24, 2.45) is 5.92 Å². The minimum Gasteiger partial charge on any atom is -0.314 e. The van der Waals surface area contributed by atoms with Gasteiger partial charge >= 0.3 is 0 Å². The smallest absolute Gasteiger partial charge is 0.0282 e. The van der Waals surface area contributed by atoms with E-state index < -0.39 is 0 Å². The van der Waals surface area contributed by atoms with Gasteiger partial charge in [-0.15, -0.1) is 0 Å². The normalized spacial score (nSPS) is 39.7. The molecule has 3 atom stereocenters. The van der Waals surface area contributed by atoms with Crippen LogP contribution in [0.3, 0.4) is 0 Å². The summed E-state index contributed by atoms with van der Waals surface area (Å²) in [6.45, 7) is 2.50. The molecule has 2 N–H and O–H groups in total. The maximum absolute atomic E-state index is 3.90. The molecule has 0 aromatic carbocycles. The van der Waals surface area contributed by atoms with Crippen molar-refractivity contribution in [3.05, 3.63) is 0 Å². The van der Waals surface area contributed by atoms with E-state index >= 15 is 0 Å². The van der Waals surface area contributed by atoms with Crippen molar-refractivity contribution in [3.63, 3.8) is 0 Å². The molecule has 2 aliphatic carbocycles. The molecule has 3 aliphatic rings. The zero-order valence-corrected chi connectivity index (χ0v) is 11.8. The third kappa shape index (κ3) is 2.66. The first-order valence-corrected chi connectivity index (χ1v) is 8.57. The van der Waals surface area contributed by atoms with Gasteiger partial charge in [0.05, 0.1) is 0 Å². The van der Waals surface area contributed by atoms with Crippen LogP contribution in [0.1, 0.15) is 44.9 Å². The standard InChI is InChI=1S/C14H26N2S/c1-17-14(7-8-14)10-16-13-5-2-4-11(13)12-6-3-9-15-12/h11-13,15-16H,2-10H2,1H3. The molecule has 0 amide bonds. The maximum Gasteiger partial charge on any atom is 0.0282 e. The molecule has 0 aromatic heterocycles. The molecule has 3 fully saturated rings. The molecule has 1 saturated heterocycles. The van der Waals surface area contributed by atoms with Gasteiger partial charge in [0.25, 0.3) is 0 Å². The summed E-state index contributed by atoms with van der Waals surface area (Å²) in [5.41, 5.74) is 0. The molecule has 0 spiro atoms. The van der Waals surface area contributed by atoms with E-state index in [2.05, 4.69) is 28.7 Å². The number of thioether (sulfide) groups is 1. The van der Waals surface area contributed by atoms with Crippen LogP contribution in [0.4, 0.5) is 0 Å². The summed E-state index contributed by atoms with van der Waals surface area (Å²) in [7, 11) is 0. The molecule has 0 bridgehead atoms. The van der Waals surface area contributed by atoms with Crippen LogP contribution in [0, 0.1) is 5.92 Å². The van der Waals surface area contributed by atoms with Crippen LogP contribution in [0.25, 0.3) is 0 Å². The highest BCUT2D eigenvalue weighted by atomic mass is 32.2. The van der Waals surface area contributed by atoms with Gasteiger partial charge in [0, 0.05) is 23.4 Å². The molecule has 2 nitrogen and oxygen atoms in total. The van der Waals surface area contributed by atoms with Gasteiger partial charge in [-0.25, -0.2) is 0 Å². The Morgan fingerprint density at radius 3 is 2.76 bits per heavy atom. The van der Waals surface area contributed by atoms with Gasteiger partial charge < -0.3 is 10.6 Å². The van der Waals surface area contributed by atoms with Gasteiger partial charge in [-0.1, -0.05) is 6.42 Å². The van der Waals surface area contributed by atoms with Crippen molar-refractivity contribution in [2.45, 2.75) is 61.8 Å². The fourth-order valence-corrected chi connectivity index (χ4v) is 4.45. The topological polar surface area (TPSA) is 24.1 Å². The van der Waals surface area contributed by atoms with Crippen LogP contribution in [0.2, 0.25) is 0 Å². The van der Waals surface area contributed by atoms with E-state index in [-0.39, 0.29) is 0 Å². The van der Waals surface area contributed by atoms with E-state index in [9.17, 15) is 0 Å². The first kappa shape index (κ1) is 12.3. The lowest BCUT2D eigenvalue weighted by atomic mass is 9.93. The van der Waals surface area contributed by atoms with Crippen LogP contribution in [0.5, 0.6) is 0 Å². The second kappa shape index (κ2) is 5.10. The van der Waals surface area contributed by atoms with Crippen molar-refractivity contribution >= 4 is 11.8 Å². The average Bonchev–Trinajstić information content (AvgIpc) is 2.81. The van der Waals surface area contributed by atoms with Crippen molar-refractivity contribution in [2.75, 3.05) is 19.3 Å². The fraction of sp³-hybridized carbons (Fsp3) is 1.00. The van der Waals surface area contributed by atoms with Crippen LogP contribution in [-0.4, -0.2) is 36.2 Å². The third-order valence-corrected chi connectivity index (χ3v) is 6.53. The average molecular weight is 254 g/mol. The SMILES string of the molecule is CSC1(CNC2CCCC2C2CCCN2)CC1. The van der Waals surface area contributed by atoms with Crippen LogP contribution in [0.15, 0.2) is 0 Å². The summed E-state index contributed by atoms with van der Waals surface area (Å²) in [6, 6.07) is 1.62. The van der Waals surface area contributed by atoms with Gasteiger partial charge in [0.15, 0.2) is 0 Å². The van der Waals surface area contributed by atoms with Crippen molar-refractivity contribution < 1.29 is 0 Å². The lowest BCUT2D eigenvalue weighted by Crippen LogP contribution is -2.44. The van der Waals surface area contributed by atoms with Crippen molar-refractivity contribution in [1.82, 2.24) is 10.6 Å². The third-order valence-electron chi connectivity index (χ3n) is 5.11. The summed E-state index contributed by atoms with van der Waals surface area (Å²) in [4.78, 5) is 0. The number of rotatable bonds is 5.